The number of fused-ring (bicyclic) bond motifs is 3. The monoisotopic (exact) mass is 398 g/mol. The van der Waals surface area contributed by atoms with Crippen molar-refractivity contribution in [3.05, 3.63) is 53.3 Å². The van der Waals surface area contributed by atoms with Gasteiger partial charge in [-0.2, -0.15) is 10.4 Å². The third kappa shape index (κ3) is 2.53. The summed E-state index contributed by atoms with van der Waals surface area (Å²) >= 11 is 0. The summed E-state index contributed by atoms with van der Waals surface area (Å²) in [6, 6.07) is 12.1. The lowest BCUT2D eigenvalue weighted by Crippen LogP contribution is -2.24. The Morgan fingerprint density at radius 2 is 2.03 bits per heavy atom. The van der Waals surface area contributed by atoms with Gasteiger partial charge in [0.25, 0.3) is 0 Å². The average molecular weight is 398 g/mol. The number of rotatable bonds is 4. The molecule has 1 saturated carbocycles. The maximum atomic E-state index is 11.8. The number of carbonyl (C=O) groups excluding carboxylic acids is 1. The summed E-state index contributed by atoms with van der Waals surface area (Å²) in [6.07, 6.45) is 7.75. The smallest absolute Gasteiger partial charge is 0.248 e. The van der Waals surface area contributed by atoms with Crippen molar-refractivity contribution in [3.63, 3.8) is 0 Å². The fraction of sp³-hybridized carbons (Fsp3) is 0.391. The van der Waals surface area contributed by atoms with Gasteiger partial charge in [0, 0.05) is 40.6 Å². The Morgan fingerprint density at radius 3 is 2.77 bits per heavy atom. The lowest BCUT2D eigenvalue weighted by atomic mass is 9.85. The highest BCUT2D eigenvalue weighted by Gasteiger charge is 2.48. The quantitative estimate of drug-likeness (QED) is 0.680. The fourth-order valence-corrected chi connectivity index (χ4v) is 5.35. The summed E-state index contributed by atoms with van der Waals surface area (Å²) in [5, 5.41) is 15.5. The Hall–Kier alpha value is -3.40. The molecule has 1 amide bonds. The van der Waals surface area contributed by atoms with Gasteiger partial charge >= 0.3 is 0 Å². The van der Waals surface area contributed by atoms with Crippen LogP contribution >= 0.6 is 0 Å². The zero-order valence-electron chi connectivity index (χ0n) is 16.5. The SMILES string of the molecule is N#CN1C2CCC1C(c1nn(-c3cccc(C4CC4)n3)c3ccc(C(N)=O)cc13)C2. The van der Waals surface area contributed by atoms with Crippen molar-refractivity contribution in [2.45, 2.75) is 56.0 Å². The molecule has 3 atom stereocenters. The van der Waals surface area contributed by atoms with Crippen molar-refractivity contribution in [1.29, 1.82) is 5.26 Å². The Bertz CT molecular complexity index is 1220. The predicted octanol–water partition coefficient (Wildman–Crippen LogP) is 3.20. The van der Waals surface area contributed by atoms with Crippen molar-refractivity contribution in [1.82, 2.24) is 19.7 Å². The topological polar surface area (TPSA) is 101 Å². The fourth-order valence-electron chi connectivity index (χ4n) is 5.35. The van der Waals surface area contributed by atoms with Gasteiger partial charge in [0.1, 0.15) is 0 Å². The first kappa shape index (κ1) is 17.5. The molecule has 6 rings (SSSR count). The van der Waals surface area contributed by atoms with Gasteiger partial charge in [0.15, 0.2) is 12.0 Å². The third-order valence-electron chi connectivity index (χ3n) is 6.97. The van der Waals surface area contributed by atoms with E-state index in [9.17, 15) is 10.1 Å². The van der Waals surface area contributed by atoms with Crippen LogP contribution < -0.4 is 5.73 Å². The molecule has 3 aliphatic rings. The van der Waals surface area contributed by atoms with Gasteiger partial charge in [0.2, 0.25) is 5.91 Å². The highest BCUT2D eigenvalue weighted by molar-refractivity contribution is 5.98. The van der Waals surface area contributed by atoms with E-state index in [1.165, 1.54) is 12.8 Å². The zero-order valence-corrected chi connectivity index (χ0v) is 16.5. The van der Waals surface area contributed by atoms with E-state index in [0.717, 1.165) is 47.4 Å². The molecule has 4 heterocycles. The summed E-state index contributed by atoms with van der Waals surface area (Å²) in [5.74, 6) is 1.07. The second-order valence-corrected chi connectivity index (χ2v) is 8.74. The lowest BCUT2D eigenvalue weighted by molar-refractivity contribution is 0.100. The second-order valence-electron chi connectivity index (χ2n) is 8.74. The van der Waals surface area contributed by atoms with Gasteiger partial charge in [-0.05, 0) is 62.4 Å². The molecule has 3 fully saturated rings. The molecular formula is C23H22N6O. The van der Waals surface area contributed by atoms with E-state index < -0.39 is 5.91 Å². The molecule has 7 heteroatoms. The molecule has 2 N–H and O–H groups in total. The minimum atomic E-state index is -0.448. The number of hydrogen-bond donors (Lipinski definition) is 1. The first-order valence-corrected chi connectivity index (χ1v) is 10.6. The molecule has 7 nitrogen and oxygen atoms in total. The highest BCUT2D eigenvalue weighted by atomic mass is 16.1. The number of hydrogen-bond acceptors (Lipinski definition) is 5. The minimum Gasteiger partial charge on any atom is -0.366 e. The van der Waals surface area contributed by atoms with E-state index in [2.05, 4.69) is 12.3 Å². The maximum Gasteiger partial charge on any atom is 0.248 e. The van der Waals surface area contributed by atoms with Crippen molar-refractivity contribution in [3.8, 4) is 12.0 Å². The number of amides is 1. The standard InChI is InChI=1S/C23H22N6O/c24-12-28-15-7-9-19(28)17(11-15)22-16-10-14(23(25)30)6-8-20(16)29(27-22)21-3-1-2-18(26-21)13-4-5-13/h1-3,6,8,10,13,15,17,19H,4-5,7,9,11H2,(H2,25,30). The number of nitriles is 1. The molecule has 2 bridgehead atoms. The average Bonchev–Trinajstić information content (AvgIpc) is 3.33. The van der Waals surface area contributed by atoms with E-state index in [0.29, 0.717) is 17.5 Å². The predicted molar refractivity (Wildman–Crippen MR) is 111 cm³/mol. The van der Waals surface area contributed by atoms with Crippen LogP contribution in [-0.2, 0) is 0 Å². The maximum absolute atomic E-state index is 11.8. The molecule has 2 aliphatic heterocycles. The number of nitrogens with zero attached hydrogens (tertiary/aromatic N) is 5. The van der Waals surface area contributed by atoms with Gasteiger partial charge < -0.3 is 10.6 Å². The van der Waals surface area contributed by atoms with E-state index in [4.69, 9.17) is 15.8 Å². The van der Waals surface area contributed by atoms with Crippen LogP contribution in [0.15, 0.2) is 36.4 Å². The molecule has 0 spiro atoms. The van der Waals surface area contributed by atoms with Crippen molar-refractivity contribution in [2.24, 2.45) is 5.73 Å². The van der Waals surface area contributed by atoms with Gasteiger partial charge in [-0.25, -0.2) is 9.67 Å². The third-order valence-corrected chi connectivity index (χ3v) is 6.97. The molecule has 150 valence electrons. The normalized spacial score (nSPS) is 25.0. The second kappa shape index (κ2) is 6.30. The molecule has 2 aromatic heterocycles. The molecule has 3 aromatic rings. The first-order chi connectivity index (χ1) is 14.6. The number of benzene rings is 1. The Kier molecular flexibility index (Phi) is 3.66. The van der Waals surface area contributed by atoms with Crippen LogP contribution in [0.5, 0.6) is 0 Å². The number of aromatic nitrogens is 3. The Labute approximate surface area is 174 Å². The lowest BCUT2D eigenvalue weighted by Gasteiger charge is -2.19. The highest BCUT2D eigenvalue weighted by Crippen LogP contribution is 2.47. The van der Waals surface area contributed by atoms with Crippen molar-refractivity contribution < 1.29 is 4.79 Å². The number of nitrogens with two attached hydrogens (primary N) is 1. The van der Waals surface area contributed by atoms with E-state index in [-0.39, 0.29) is 12.0 Å². The largest absolute Gasteiger partial charge is 0.366 e. The van der Waals surface area contributed by atoms with Crippen LogP contribution in [0.4, 0.5) is 0 Å². The van der Waals surface area contributed by atoms with E-state index >= 15 is 0 Å². The molecule has 2 saturated heterocycles. The van der Waals surface area contributed by atoms with Gasteiger partial charge in [-0.15, -0.1) is 0 Å². The molecule has 30 heavy (non-hydrogen) atoms. The zero-order chi connectivity index (χ0) is 20.4. The Morgan fingerprint density at radius 1 is 1.17 bits per heavy atom. The molecular weight excluding hydrogens is 376 g/mol. The molecule has 3 unspecified atom stereocenters. The Balaban J connectivity index is 1.52. The molecule has 1 aromatic carbocycles. The number of pyridine rings is 1. The summed E-state index contributed by atoms with van der Waals surface area (Å²) in [7, 11) is 0. The van der Waals surface area contributed by atoms with Gasteiger partial charge in [-0.1, -0.05) is 6.07 Å². The van der Waals surface area contributed by atoms with Crippen molar-refractivity contribution >= 4 is 16.8 Å². The van der Waals surface area contributed by atoms with Crippen LogP contribution in [0.3, 0.4) is 0 Å². The molecule has 0 radical (unpaired) electrons. The number of primary amides is 1. The van der Waals surface area contributed by atoms with Crippen LogP contribution in [-0.4, -0.2) is 37.7 Å². The van der Waals surface area contributed by atoms with Crippen LogP contribution in [0.2, 0.25) is 0 Å². The van der Waals surface area contributed by atoms with Crippen LogP contribution in [0, 0.1) is 11.5 Å². The molecule has 1 aliphatic carbocycles. The number of carbonyl (C=O) groups is 1. The summed E-state index contributed by atoms with van der Waals surface area (Å²) < 4.78 is 1.89. The summed E-state index contributed by atoms with van der Waals surface area (Å²) in [6.45, 7) is 0. The minimum absolute atomic E-state index is 0.168. The van der Waals surface area contributed by atoms with E-state index in [1.54, 1.807) is 6.07 Å². The van der Waals surface area contributed by atoms with Crippen molar-refractivity contribution in [2.75, 3.05) is 0 Å². The van der Waals surface area contributed by atoms with E-state index in [1.807, 2.05) is 33.8 Å². The van der Waals surface area contributed by atoms with Gasteiger partial charge in [0.05, 0.1) is 11.2 Å². The van der Waals surface area contributed by atoms with Crippen LogP contribution in [0.1, 0.15) is 65.7 Å². The van der Waals surface area contributed by atoms with Crippen LogP contribution in [0.25, 0.3) is 16.7 Å². The summed E-state index contributed by atoms with van der Waals surface area (Å²) in [4.78, 5) is 18.7. The summed E-state index contributed by atoms with van der Waals surface area (Å²) in [5.41, 5.74) is 9.01. The first-order valence-electron chi connectivity index (χ1n) is 10.6. The van der Waals surface area contributed by atoms with Gasteiger partial charge in [-0.3, -0.25) is 4.79 Å².